The molecule has 2 aromatic heterocycles. The number of hydrogen-bond acceptors (Lipinski definition) is 6. The largest absolute Gasteiger partial charge is 0.490 e. The first-order chi connectivity index (χ1) is 20.4. The third-order valence-corrected chi connectivity index (χ3v) is 7.36. The van der Waals surface area contributed by atoms with Gasteiger partial charge in [0.1, 0.15) is 0 Å². The molecule has 2 unspecified atom stereocenters. The van der Waals surface area contributed by atoms with Crippen molar-refractivity contribution >= 4 is 23.8 Å². The van der Waals surface area contributed by atoms with E-state index < -0.39 is 29.7 Å². The molecule has 3 aliphatic rings. The number of nitrogens with zero attached hydrogens (tertiary/aromatic N) is 5. The van der Waals surface area contributed by atoms with Crippen LogP contribution in [0.4, 0.5) is 26.3 Å². The van der Waals surface area contributed by atoms with E-state index in [-0.39, 0.29) is 24.3 Å². The fourth-order valence-corrected chi connectivity index (χ4v) is 5.15. The molecule has 0 bridgehead atoms. The zero-order chi connectivity index (χ0) is 32.9. The molecule has 242 valence electrons. The number of halogens is 6. The Balaban J connectivity index is 0.000000317. The van der Waals surface area contributed by atoms with Crippen molar-refractivity contribution in [2.45, 2.75) is 56.9 Å². The number of alkyl halides is 6. The summed E-state index contributed by atoms with van der Waals surface area (Å²) in [5, 5.41) is 14.2. The molecule has 2 amide bonds. The van der Waals surface area contributed by atoms with Gasteiger partial charge in [-0.15, -0.1) is 0 Å². The number of amides is 2. The van der Waals surface area contributed by atoms with Crippen molar-refractivity contribution in [1.82, 2.24) is 24.3 Å². The fourth-order valence-electron chi connectivity index (χ4n) is 5.15. The maximum absolute atomic E-state index is 13.6. The molecule has 3 fully saturated rings. The molecule has 1 saturated carbocycles. The molecule has 2 N–H and O–H groups in total. The second-order valence-corrected chi connectivity index (χ2v) is 10.9. The molecule has 0 radical (unpaired) electrons. The first kappa shape index (κ1) is 34.3. The van der Waals surface area contributed by atoms with E-state index in [1.807, 2.05) is 40.9 Å². The lowest BCUT2D eigenvalue weighted by Gasteiger charge is -2.39. The summed E-state index contributed by atoms with van der Waals surface area (Å²) in [6.07, 6.45) is 0.538. The number of hydrogen-bond donors (Lipinski definition) is 2. The number of carbonyl (C=O) groups excluding carboxylic acids is 2. The minimum Gasteiger partial charge on any atom is -0.475 e. The first-order valence-electron chi connectivity index (χ1n) is 13.5. The van der Waals surface area contributed by atoms with Crippen LogP contribution in [0.15, 0.2) is 36.9 Å². The molecule has 0 aromatic carbocycles. The number of pyridine rings is 1. The summed E-state index contributed by atoms with van der Waals surface area (Å²) < 4.78 is 65.4. The maximum atomic E-state index is 13.6. The van der Waals surface area contributed by atoms with Crippen molar-refractivity contribution in [2.75, 3.05) is 19.6 Å². The normalized spacial score (nSPS) is 21.7. The standard InChI is InChI=1S/C23H29N5O2.2C2HF3O2/c1-26-14-19(25-16-26)20-12-23(8-4-10-27(22(23)30)13-17-6-7-17)15-28(20)21(29)11-18-5-2-3-9-24-18;2*3-2(4,5)1(6)7/h2-3,5,9,14,16-17,20H,4,6-8,10-13,15H2,1H3;2*(H,6,7). The SMILES string of the molecule is Cn1cnc(C2CC3(CCCN(CC4CC4)C3=O)CN2C(=O)Cc2ccccn2)c1.O=C(O)C(F)(F)F.O=C(O)C(F)(F)F. The molecular formula is C27H31F6N5O6. The van der Waals surface area contributed by atoms with Gasteiger partial charge < -0.3 is 24.6 Å². The smallest absolute Gasteiger partial charge is 0.475 e. The molecule has 11 nitrogen and oxygen atoms in total. The first-order valence-corrected chi connectivity index (χ1v) is 13.5. The summed E-state index contributed by atoms with van der Waals surface area (Å²) >= 11 is 0. The highest BCUT2D eigenvalue weighted by Gasteiger charge is 2.54. The van der Waals surface area contributed by atoms with Gasteiger partial charge in [-0.2, -0.15) is 26.3 Å². The summed E-state index contributed by atoms with van der Waals surface area (Å²) in [5.41, 5.74) is 1.15. The third kappa shape index (κ3) is 9.16. The summed E-state index contributed by atoms with van der Waals surface area (Å²) in [4.78, 5) is 57.5. The molecule has 2 aromatic rings. The van der Waals surface area contributed by atoms with Crippen LogP contribution < -0.4 is 0 Å². The van der Waals surface area contributed by atoms with Crippen LogP contribution in [0.25, 0.3) is 0 Å². The highest BCUT2D eigenvalue weighted by molar-refractivity contribution is 5.87. The second kappa shape index (κ2) is 13.6. The van der Waals surface area contributed by atoms with Gasteiger partial charge in [-0.25, -0.2) is 14.6 Å². The number of piperidine rings is 1. The predicted molar refractivity (Wildman–Crippen MR) is 139 cm³/mol. The molecule has 17 heteroatoms. The Bertz CT molecular complexity index is 1310. The lowest BCUT2D eigenvalue weighted by atomic mass is 9.76. The lowest BCUT2D eigenvalue weighted by molar-refractivity contribution is -0.193. The number of carbonyl (C=O) groups is 4. The van der Waals surface area contributed by atoms with Gasteiger partial charge in [0.25, 0.3) is 0 Å². The van der Waals surface area contributed by atoms with E-state index in [1.54, 1.807) is 12.5 Å². The number of carboxylic acids is 2. The van der Waals surface area contributed by atoms with Crippen LogP contribution >= 0.6 is 0 Å². The topological polar surface area (TPSA) is 146 Å². The minimum absolute atomic E-state index is 0.0216. The van der Waals surface area contributed by atoms with E-state index in [1.165, 1.54) is 12.8 Å². The fraction of sp³-hybridized carbons (Fsp3) is 0.556. The van der Waals surface area contributed by atoms with Crippen LogP contribution in [0.3, 0.4) is 0 Å². The quantitative estimate of drug-likeness (QED) is 0.474. The monoisotopic (exact) mass is 635 g/mol. The van der Waals surface area contributed by atoms with Crippen molar-refractivity contribution in [2.24, 2.45) is 18.4 Å². The number of carboxylic acid groups (broad SMARTS) is 2. The van der Waals surface area contributed by atoms with E-state index >= 15 is 0 Å². The molecule has 2 saturated heterocycles. The zero-order valence-corrected chi connectivity index (χ0v) is 23.5. The Morgan fingerprint density at radius 1 is 1.02 bits per heavy atom. The Labute approximate surface area is 247 Å². The van der Waals surface area contributed by atoms with Crippen LogP contribution in [0.5, 0.6) is 0 Å². The van der Waals surface area contributed by atoms with Crippen molar-refractivity contribution in [3.8, 4) is 0 Å². The van der Waals surface area contributed by atoms with Gasteiger partial charge in [0.05, 0.1) is 29.9 Å². The van der Waals surface area contributed by atoms with Crippen molar-refractivity contribution in [3.05, 3.63) is 48.3 Å². The van der Waals surface area contributed by atoms with Crippen LogP contribution in [-0.2, 0) is 32.6 Å². The minimum atomic E-state index is -5.08. The van der Waals surface area contributed by atoms with E-state index in [4.69, 9.17) is 19.8 Å². The van der Waals surface area contributed by atoms with Crippen molar-refractivity contribution in [1.29, 1.82) is 0 Å². The number of imidazole rings is 1. The summed E-state index contributed by atoms with van der Waals surface area (Å²) in [6.45, 7) is 2.23. The van der Waals surface area contributed by atoms with E-state index in [0.29, 0.717) is 18.9 Å². The number of aryl methyl sites for hydroxylation is 1. The van der Waals surface area contributed by atoms with Gasteiger partial charge in [0, 0.05) is 44.8 Å². The number of likely N-dealkylation sites (tertiary alicyclic amines) is 2. The van der Waals surface area contributed by atoms with Crippen LogP contribution in [0.1, 0.15) is 49.5 Å². The molecular weight excluding hydrogens is 604 g/mol. The molecule has 1 spiro atoms. The molecule has 4 heterocycles. The van der Waals surface area contributed by atoms with Gasteiger partial charge in [-0.1, -0.05) is 6.07 Å². The molecule has 1 aliphatic carbocycles. The molecule has 2 atom stereocenters. The van der Waals surface area contributed by atoms with Crippen molar-refractivity contribution in [3.63, 3.8) is 0 Å². The Hall–Kier alpha value is -4.18. The van der Waals surface area contributed by atoms with Gasteiger partial charge in [0.15, 0.2) is 0 Å². The molecule has 5 rings (SSSR count). The number of rotatable bonds is 5. The third-order valence-electron chi connectivity index (χ3n) is 7.36. The average Bonchev–Trinajstić information content (AvgIpc) is 3.51. The molecule has 44 heavy (non-hydrogen) atoms. The van der Waals surface area contributed by atoms with Crippen LogP contribution in [-0.4, -0.2) is 90.3 Å². The van der Waals surface area contributed by atoms with Gasteiger partial charge in [-0.3, -0.25) is 14.6 Å². The number of aliphatic carboxylic acids is 2. The maximum Gasteiger partial charge on any atom is 0.490 e. The van der Waals surface area contributed by atoms with Gasteiger partial charge in [0.2, 0.25) is 11.8 Å². The summed E-state index contributed by atoms with van der Waals surface area (Å²) in [5.74, 6) is -4.57. The lowest BCUT2D eigenvalue weighted by Crippen LogP contribution is -2.51. The van der Waals surface area contributed by atoms with E-state index in [9.17, 15) is 35.9 Å². The average molecular weight is 636 g/mol. The predicted octanol–water partition coefficient (Wildman–Crippen LogP) is 3.62. The highest BCUT2D eigenvalue weighted by Crippen LogP contribution is 2.49. The van der Waals surface area contributed by atoms with E-state index in [2.05, 4.69) is 14.9 Å². The highest BCUT2D eigenvalue weighted by atomic mass is 19.4. The van der Waals surface area contributed by atoms with Gasteiger partial charge in [-0.05, 0) is 50.2 Å². The Kier molecular flexibility index (Phi) is 10.6. The van der Waals surface area contributed by atoms with Crippen molar-refractivity contribution < 1.29 is 55.7 Å². The Morgan fingerprint density at radius 2 is 1.64 bits per heavy atom. The Morgan fingerprint density at radius 3 is 2.11 bits per heavy atom. The zero-order valence-electron chi connectivity index (χ0n) is 23.5. The van der Waals surface area contributed by atoms with Crippen LogP contribution in [0.2, 0.25) is 0 Å². The molecule has 2 aliphatic heterocycles. The van der Waals surface area contributed by atoms with Gasteiger partial charge >= 0.3 is 24.3 Å². The van der Waals surface area contributed by atoms with Crippen LogP contribution in [0, 0.1) is 11.3 Å². The second-order valence-electron chi connectivity index (χ2n) is 10.9. The number of aromatic nitrogens is 3. The summed E-state index contributed by atoms with van der Waals surface area (Å²) in [6, 6.07) is 5.47. The van der Waals surface area contributed by atoms with E-state index in [0.717, 1.165) is 37.3 Å². The summed E-state index contributed by atoms with van der Waals surface area (Å²) in [7, 11) is 1.93.